The normalized spacial score (nSPS) is 6.83. The SMILES string of the molecule is C=CC(=O)OO.C=CC(=O)OO.C=CC(=O)OO. The standard InChI is InChI=1S/3C3H4O3/c3*1-2-3(4)6-5/h3*2,5H,1H2. The van der Waals surface area contributed by atoms with Crippen LogP contribution >= 0.6 is 0 Å². The first-order valence-corrected chi connectivity index (χ1v) is 3.86. The van der Waals surface area contributed by atoms with Crippen molar-refractivity contribution in [3.05, 3.63) is 38.0 Å². The highest BCUT2D eigenvalue weighted by atomic mass is 17.1. The van der Waals surface area contributed by atoms with Crippen LogP contribution in [0.4, 0.5) is 0 Å². The minimum absolute atomic E-state index is 0.838. The molecule has 0 saturated heterocycles. The molecular weight excluding hydrogens is 252 g/mol. The molecule has 9 nitrogen and oxygen atoms in total. The number of carbonyl (C=O) groups excluding carboxylic acids is 3. The van der Waals surface area contributed by atoms with E-state index >= 15 is 0 Å². The van der Waals surface area contributed by atoms with Gasteiger partial charge in [0.1, 0.15) is 0 Å². The Labute approximate surface area is 102 Å². The molecular formula is C9H12O9. The second kappa shape index (κ2) is 16.9. The fourth-order valence-corrected chi connectivity index (χ4v) is 0.112. The highest BCUT2D eigenvalue weighted by Crippen LogP contribution is 1.68. The Balaban J connectivity index is -0.000000187. The number of hydrogen-bond acceptors (Lipinski definition) is 9. The van der Waals surface area contributed by atoms with Gasteiger partial charge in [-0.25, -0.2) is 14.4 Å². The van der Waals surface area contributed by atoms with Crippen LogP contribution in [0, 0.1) is 0 Å². The summed E-state index contributed by atoms with van der Waals surface area (Å²) in [6, 6.07) is 0. The summed E-state index contributed by atoms with van der Waals surface area (Å²) < 4.78 is 0. The molecule has 0 aromatic heterocycles. The molecule has 0 rings (SSSR count). The van der Waals surface area contributed by atoms with E-state index in [1.807, 2.05) is 0 Å². The fourth-order valence-electron chi connectivity index (χ4n) is 0.112. The third-order valence-corrected chi connectivity index (χ3v) is 0.770. The zero-order chi connectivity index (χ0) is 15.0. The highest BCUT2D eigenvalue weighted by molar-refractivity contribution is 5.81. The molecule has 0 unspecified atom stereocenters. The van der Waals surface area contributed by atoms with Crippen molar-refractivity contribution in [1.82, 2.24) is 0 Å². The van der Waals surface area contributed by atoms with E-state index in [1.54, 1.807) is 0 Å². The Kier molecular flexibility index (Phi) is 19.6. The van der Waals surface area contributed by atoms with Crippen LogP contribution in [-0.2, 0) is 29.0 Å². The van der Waals surface area contributed by atoms with Gasteiger partial charge >= 0.3 is 17.9 Å². The highest BCUT2D eigenvalue weighted by Gasteiger charge is 1.86. The second-order valence-electron chi connectivity index (χ2n) is 1.84. The molecule has 0 aliphatic heterocycles. The molecule has 0 aromatic carbocycles. The summed E-state index contributed by atoms with van der Waals surface area (Å²) in [4.78, 5) is 38.2. The fraction of sp³-hybridized carbons (Fsp3) is 0. The van der Waals surface area contributed by atoms with E-state index in [-0.39, 0.29) is 0 Å². The molecule has 0 bridgehead atoms. The molecule has 0 aromatic rings. The largest absolute Gasteiger partial charge is 0.365 e. The maximum absolute atomic E-state index is 9.59. The molecule has 0 saturated carbocycles. The van der Waals surface area contributed by atoms with Crippen LogP contribution in [0.3, 0.4) is 0 Å². The van der Waals surface area contributed by atoms with Gasteiger partial charge in [-0.2, -0.15) is 15.8 Å². The van der Waals surface area contributed by atoms with E-state index in [1.165, 1.54) is 0 Å². The van der Waals surface area contributed by atoms with Crippen LogP contribution in [0.1, 0.15) is 0 Å². The number of carbonyl (C=O) groups is 3. The Morgan fingerprint density at radius 2 is 0.833 bits per heavy atom. The third-order valence-electron chi connectivity index (χ3n) is 0.770. The lowest BCUT2D eigenvalue weighted by atomic mass is 10.7. The topological polar surface area (TPSA) is 140 Å². The minimum atomic E-state index is -0.838. The second-order valence-corrected chi connectivity index (χ2v) is 1.84. The summed E-state index contributed by atoms with van der Waals surface area (Å²) in [7, 11) is 0. The Hall–Kier alpha value is -2.49. The maximum Gasteiger partial charge on any atom is 0.365 e. The van der Waals surface area contributed by atoms with Gasteiger partial charge < -0.3 is 0 Å². The first-order chi connectivity index (χ1) is 8.42. The molecule has 102 valence electrons. The van der Waals surface area contributed by atoms with Crippen LogP contribution in [0.15, 0.2) is 38.0 Å². The van der Waals surface area contributed by atoms with Gasteiger partial charge in [0.25, 0.3) is 0 Å². The summed E-state index contributed by atoms with van der Waals surface area (Å²) in [6.07, 6.45) is 2.58. The summed E-state index contributed by atoms with van der Waals surface area (Å²) in [5.41, 5.74) is 0. The lowest BCUT2D eigenvalue weighted by molar-refractivity contribution is -0.228. The third kappa shape index (κ3) is 23.4. The van der Waals surface area contributed by atoms with Gasteiger partial charge in [0.2, 0.25) is 0 Å². The molecule has 18 heavy (non-hydrogen) atoms. The predicted octanol–water partition coefficient (Wildman–Crippen LogP) is 0.566. The average molecular weight is 264 g/mol. The van der Waals surface area contributed by atoms with E-state index < -0.39 is 17.9 Å². The van der Waals surface area contributed by atoms with Crippen LogP contribution in [0.25, 0.3) is 0 Å². The summed E-state index contributed by atoms with van der Waals surface area (Å²) in [5, 5.41) is 22.2. The van der Waals surface area contributed by atoms with Crippen molar-refractivity contribution in [2.24, 2.45) is 0 Å². The molecule has 9 heteroatoms. The summed E-state index contributed by atoms with van der Waals surface area (Å²) >= 11 is 0. The van der Waals surface area contributed by atoms with Crippen LogP contribution in [0.5, 0.6) is 0 Å². The molecule has 0 atom stereocenters. The predicted molar refractivity (Wildman–Crippen MR) is 56.8 cm³/mol. The maximum atomic E-state index is 9.59. The van der Waals surface area contributed by atoms with Crippen molar-refractivity contribution in [2.75, 3.05) is 0 Å². The summed E-state index contributed by atoms with van der Waals surface area (Å²) in [6.45, 7) is 8.99. The van der Waals surface area contributed by atoms with E-state index in [4.69, 9.17) is 15.8 Å². The average Bonchev–Trinajstić information content (AvgIpc) is 2.45. The zero-order valence-corrected chi connectivity index (χ0v) is 9.14. The molecule has 0 aliphatic carbocycles. The van der Waals surface area contributed by atoms with Crippen molar-refractivity contribution < 1.29 is 44.8 Å². The zero-order valence-electron chi connectivity index (χ0n) is 9.14. The van der Waals surface area contributed by atoms with Crippen molar-refractivity contribution in [3.8, 4) is 0 Å². The lowest BCUT2D eigenvalue weighted by Gasteiger charge is -1.78. The van der Waals surface area contributed by atoms with Gasteiger partial charge in [0.15, 0.2) is 0 Å². The van der Waals surface area contributed by atoms with E-state index in [9.17, 15) is 14.4 Å². The van der Waals surface area contributed by atoms with Crippen LogP contribution in [0.2, 0.25) is 0 Å². The van der Waals surface area contributed by atoms with Gasteiger partial charge in [-0.3, -0.25) is 14.7 Å². The van der Waals surface area contributed by atoms with Gasteiger partial charge in [-0.15, -0.1) is 0 Å². The van der Waals surface area contributed by atoms with Crippen molar-refractivity contribution in [3.63, 3.8) is 0 Å². The first kappa shape index (κ1) is 20.9. The molecule has 3 N–H and O–H groups in total. The lowest BCUT2D eigenvalue weighted by Crippen LogP contribution is -1.92. The first-order valence-electron chi connectivity index (χ1n) is 3.86. The van der Waals surface area contributed by atoms with Crippen LogP contribution in [-0.4, -0.2) is 33.7 Å². The Bertz CT molecular complexity index is 247. The van der Waals surface area contributed by atoms with Crippen molar-refractivity contribution in [1.29, 1.82) is 0 Å². The monoisotopic (exact) mass is 264 g/mol. The van der Waals surface area contributed by atoms with E-state index in [2.05, 4.69) is 34.4 Å². The van der Waals surface area contributed by atoms with Gasteiger partial charge in [-0.05, 0) is 0 Å². The van der Waals surface area contributed by atoms with Crippen molar-refractivity contribution in [2.45, 2.75) is 0 Å². The number of rotatable bonds is 3. The van der Waals surface area contributed by atoms with E-state index in [0.717, 1.165) is 18.2 Å². The number of hydrogen-bond donors (Lipinski definition) is 3. The van der Waals surface area contributed by atoms with Crippen LogP contribution < -0.4 is 0 Å². The van der Waals surface area contributed by atoms with Crippen molar-refractivity contribution >= 4 is 17.9 Å². The Morgan fingerprint density at radius 3 is 0.833 bits per heavy atom. The quantitative estimate of drug-likeness (QED) is 0.288. The molecule has 0 aliphatic rings. The summed E-state index contributed by atoms with van der Waals surface area (Å²) in [5.74, 6) is -2.51. The van der Waals surface area contributed by atoms with Gasteiger partial charge in [0, 0.05) is 18.2 Å². The molecule has 0 amide bonds. The molecule has 0 radical (unpaired) electrons. The van der Waals surface area contributed by atoms with Gasteiger partial charge in [-0.1, -0.05) is 19.7 Å². The van der Waals surface area contributed by atoms with Gasteiger partial charge in [0.05, 0.1) is 0 Å². The minimum Gasteiger partial charge on any atom is -0.296 e. The molecule has 0 heterocycles. The van der Waals surface area contributed by atoms with E-state index in [0.29, 0.717) is 0 Å². The molecule has 0 fully saturated rings. The Morgan fingerprint density at radius 1 is 0.667 bits per heavy atom. The smallest absolute Gasteiger partial charge is 0.296 e. The molecule has 0 spiro atoms.